The van der Waals surface area contributed by atoms with Crippen LogP contribution in [0.25, 0.3) is 44.2 Å². The van der Waals surface area contributed by atoms with Crippen LogP contribution in [0.3, 0.4) is 0 Å². The summed E-state index contributed by atoms with van der Waals surface area (Å²) < 4.78 is 6.80. The van der Waals surface area contributed by atoms with Crippen LogP contribution in [0.4, 0.5) is 17.1 Å². The molecule has 1 aliphatic heterocycles. The number of para-hydroxylation sites is 1. The number of hydrogen-bond acceptors (Lipinski definition) is 2. The lowest BCUT2D eigenvalue weighted by molar-refractivity contribution is 0.438. The van der Waals surface area contributed by atoms with E-state index in [9.17, 15) is 0 Å². The van der Waals surface area contributed by atoms with Crippen molar-refractivity contribution in [1.82, 2.24) is 0 Å². The van der Waals surface area contributed by atoms with Gasteiger partial charge in [0.2, 0.25) is 0 Å². The molecule has 1 spiro atoms. The Hall–Kier alpha value is -7.16. The van der Waals surface area contributed by atoms with Crippen molar-refractivity contribution in [1.29, 1.82) is 0 Å². The Labute approximate surface area is 321 Å². The minimum absolute atomic E-state index is 0.604. The molecule has 0 aromatic heterocycles. The van der Waals surface area contributed by atoms with E-state index in [4.69, 9.17) is 4.74 Å². The molecule has 9 aromatic rings. The minimum Gasteiger partial charge on any atom is -0.457 e. The molecule has 1 atom stereocenters. The quantitative estimate of drug-likeness (QED) is 0.177. The van der Waals surface area contributed by atoms with Crippen molar-refractivity contribution >= 4 is 27.8 Å². The zero-order chi connectivity index (χ0) is 36.3. The molecule has 11 rings (SSSR count). The van der Waals surface area contributed by atoms with E-state index in [1.807, 2.05) is 0 Å². The Morgan fingerprint density at radius 1 is 0.345 bits per heavy atom. The van der Waals surface area contributed by atoms with Crippen molar-refractivity contribution < 1.29 is 4.74 Å². The molecule has 2 heteroatoms. The van der Waals surface area contributed by atoms with Gasteiger partial charge in [-0.05, 0) is 104 Å². The first-order valence-corrected chi connectivity index (χ1v) is 18.9. The standard InChI is InChI=1S/C53H35NO/c1-3-13-36(14-4-1)38-23-28-41(29-24-38)54(42-30-25-39(26-31-42)37-15-5-2-6-16-37)43-32-33-46-45-19-9-10-20-47(45)53(49(46)35-43)48-21-11-12-22-50(48)55-51-34-27-40-17-7-8-18-44(40)52(51)53/h1-35H. The fourth-order valence-electron chi connectivity index (χ4n) is 9.12. The number of anilines is 3. The lowest BCUT2D eigenvalue weighted by atomic mass is 9.65. The van der Waals surface area contributed by atoms with Crippen LogP contribution in [0.2, 0.25) is 0 Å². The normalized spacial score (nSPS) is 14.8. The number of nitrogens with zero attached hydrogens (tertiary/aromatic N) is 1. The summed E-state index contributed by atoms with van der Waals surface area (Å²) in [6.07, 6.45) is 0. The molecule has 9 aromatic carbocycles. The van der Waals surface area contributed by atoms with Crippen LogP contribution in [0, 0.1) is 0 Å². The Morgan fingerprint density at radius 2 is 0.873 bits per heavy atom. The predicted molar refractivity (Wildman–Crippen MR) is 227 cm³/mol. The van der Waals surface area contributed by atoms with Crippen molar-refractivity contribution in [3.63, 3.8) is 0 Å². The Balaban J connectivity index is 1.16. The number of hydrogen-bond donors (Lipinski definition) is 0. The number of benzene rings is 9. The summed E-state index contributed by atoms with van der Waals surface area (Å²) in [5, 5.41) is 2.40. The van der Waals surface area contributed by atoms with Crippen LogP contribution in [0.1, 0.15) is 22.3 Å². The van der Waals surface area contributed by atoms with Gasteiger partial charge < -0.3 is 9.64 Å². The second-order valence-corrected chi connectivity index (χ2v) is 14.4. The lowest BCUT2D eigenvalue weighted by Crippen LogP contribution is -2.32. The molecule has 0 N–H and O–H groups in total. The molecular weight excluding hydrogens is 667 g/mol. The Bertz CT molecular complexity index is 2800. The fraction of sp³-hybridized carbons (Fsp3) is 0.0189. The molecule has 1 unspecified atom stereocenters. The summed E-state index contributed by atoms with van der Waals surface area (Å²) in [6.45, 7) is 0. The summed E-state index contributed by atoms with van der Waals surface area (Å²) >= 11 is 0. The molecule has 0 radical (unpaired) electrons. The molecule has 0 fully saturated rings. The lowest BCUT2D eigenvalue weighted by Gasteiger charge is -2.40. The minimum atomic E-state index is -0.604. The third-order valence-electron chi connectivity index (χ3n) is 11.5. The highest BCUT2D eigenvalue weighted by atomic mass is 16.5. The van der Waals surface area contributed by atoms with E-state index in [0.29, 0.717) is 0 Å². The molecule has 55 heavy (non-hydrogen) atoms. The summed E-state index contributed by atoms with van der Waals surface area (Å²) in [5.74, 6) is 1.79. The van der Waals surface area contributed by atoms with Crippen LogP contribution in [-0.4, -0.2) is 0 Å². The maximum absolute atomic E-state index is 6.80. The molecule has 0 saturated heterocycles. The van der Waals surface area contributed by atoms with Gasteiger partial charge in [0.15, 0.2) is 0 Å². The second kappa shape index (κ2) is 12.5. The van der Waals surface area contributed by atoms with Crippen LogP contribution >= 0.6 is 0 Å². The average molecular weight is 702 g/mol. The van der Waals surface area contributed by atoms with E-state index in [1.165, 1.54) is 60.8 Å². The van der Waals surface area contributed by atoms with Crippen molar-refractivity contribution in [3.8, 4) is 44.9 Å². The zero-order valence-electron chi connectivity index (χ0n) is 30.1. The first kappa shape index (κ1) is 31.4. The van der Waals surface area contributed by atoms with E-state index in [-0.39, 0.29) is 0 Å². The van der Waals surface area contributed by atoms with Crippen LogP contribution < -0.4 is 9.64 Å². The Kier molecular flexibility index (Phi) is 7.11. The topological polar surface area (TPSA) is 12.5 Å². The average Bonchev–Trinajstić information content (AvgIpc) is 3.54. The summed E-state index contributed by atoms with van der Waals surface area (Å²) in [5.41, 5.74) is 14.8. The van der Waals surface area contributed by atoms with Crippen molar-refractivity contribution in [2.75, 3.05) is 4.90 Å². The molecule has 2 nitrogen and oxygen atoms in total. The summed E-state index contributed by atoms with van der Waals surface area (Å²) in [7, 11) is 0. The predicted octanol–water partition coefficient (Wildman–Crippen LogP) is 14.1. The smallest absolute Gasteiger partial charge is 0.132 e. The van der Waals surface area contributed by atoms with Crippen molar-refractivity contribution in [3.05, 3.63) is 235 Å². The maximum atomic E-state index is 6.80. The van der Waals surface area contributed by atoms with Crippen LogP contribution in [0.5, 0.6) is 11.5 Å². The fourth-order valence-corrected chi connectivity index (χ4v) is 9.12. The molecule has 258 valence electrons. The molecule has 2 aliphatic rings. The zero-order valence-corrected chi connectivity index (χ0v) is 30.1. The van der Waals surface area contributed by atoms with E-state index in [0.717, 1.165) is 34.1 Å². The summed E-state index contributed by atoms with van der Waals surface area (Å²) in [6, 6.07) is 76.8. The van der Waals surface area contributed by atoms with Crippen molar-refractivity contribution in [2.45, 2.75) is 5.41 Å². The molecule has 0 amide bonds. The SMILES string of the molecule is c1ccc(-c2ccc(N(c3ccc(-c4ccccc4)cc3)c3ccc4c(c3)C3(c5ccccc5Oc5ccc6ccccc6c53)c3ccccc3-4)cc2)cc1. The van der Waals surface area contributed by atoms with Gasteiger partial charge in [0.25, 0.3) is 0 Å². The highest BCUT2D eigenvalue weighted by Crippen LogP contribution is 2.64. The largest absolute Gasteiger partial charge is 0.457 e. The highest BCUT2D eigenvalue weighted by molar-refractivity contribution is 5.98. The Morgan fingerprint density at radius 3 is 1.56 bits per heavy atom. The van der Waals surface area contributed by atoms with Gasteiger partial charge in [-0.2, -0.15) is 0 Å². The monoisotopic (exact) mass is 701 g/mol. The maximum Gasteiger partial charge on any atom is 0.132 e. The third-order valence-corrected chi connectivity index (χ3v) is 11.5. The third kappa shape index (κ3) is 4.82. The van der Waals surface area contributed by atoms with Crippen molar-refractivity contribution in [2.24, 2.45) is 0 Å². The second-order valence-electron chi connectivity index (χ2n) is 14.4. The molecule has 1 aliphatic carbocycles. The van der Waals surface area contributed by atoms with E-state index in [1.54, 1.807) is 0 Å². The first-order valence-electron chi connectivity index (χ1n) is 18.9. The van der Waals surface area contributed by atoms with Crippen LogP contribution in [-0.2, 0) is 5.41 Å². The van der Waals surface area contributed by atoms with Crippen LogP contribution in [0.15, 0.2) is 212 Å². The summed E-state index contributed by atoms with van der Waals surface area (Å²) in [4.78, 5) is 2.40. The van der Waals surface area contributed by atoms with E-state index in [2.05, 4.69) is 217 Å². The number of rotatable bonds is 5. The van der Waals surface area contributed by atoms with Gasteiger partial charge >= 0.3 is 0 Å². The van der Waals surface area contributed by atoms with Gasteiger partial charge in [0.1, 0.15) is 11.5 Å². The van der Waals surface area contributed by atoms with Gasteiger partial charge in [-0.25, -0.2) is 0 Å². The highest BCUT2D eigenvalue weighted by Gasteiger charge is 2.52. The van der Waals surface area contributed by atoms with Gasteiger partial charge in [0, 0.05) is 28.2 Å². The van der Waals surface area contributed by atoms with Gasteiger partial charge in [0.05, 0.1) is 5.41 Å². The molecule has 1 heterocycles. The van der Waals surface area contributed by atoms with Gasteiger partial charge in [-0.1, -0.05) is 164 Å². The number of fused-ring (bicyclic) bond motifs is 11. The van der Waals surface area contributed by atoms with Gasteiger partial charge in [-0.15, -0.1) is 0 Å². The molecule has 0 bridgehead atoms. The molecular formula is C53H35NO. The number of ether oxygens (including phenoxy) is 1. The first-order chi connectivity index (χ1) is 27.3. The molecule has 0 saturated carbocycles. The van der Waals surface area contributed by atoms with Gasteiger partial charge in [-0.3, -0.25) is 0 Å². The van der Waals surface area contributed by atoms with E-state index >= 15 is 0 Å². The van der Waals surface area contributed by atoms with E-state index < -0.39 is 5.41 Å².